The summed E-state index contributed by atoms with van der Waals surface area (Å²) in [7, 11) is 0. The highest BCUT2D eigenvalue weighted by Crippen LogP contribution is 2.37. The Labute approximate surface area is 111 Å². The molecule has 104 valence electrons. The first-order chi connectivity index (χ1) is 9.11. The summed E-state index contributed by atoms with van der Waals surface area (Å²) in [4.78, 5) is 10.7. The third-order valence-corrected chi connectivity index (χ3v) is 3.08. The van der Waals surface area contributed by atoms with E-state index in [9.17, 15) is 10.1 Å². The number of fused-ring (bicyclic) bond motifs is 1. The minimum absolute atomic E-state index is 0.0517. The summed E-state index contributed by atoms with van der Waals surface area (Å²) in [6, 6.07) is 3.04. The van der Waals surface area contributed by atoms with Crippen LogP contribution < -0.4 is 15.2 Å². The van der Waals surface area contributed by atoms with Crippen molar-refractivity contribution in [3.8, 4) is 11.5 Å². The summed E-state index contributed by atoms with van der Waals surface area (Å²) in [5.41, 5.74) is 6.63. The molecule has 1 aromatic rings. The van der Waals surface area contributed by atoms with Gasteiger partial charge in [0, 0.05) is 11.6 Å². The molecule has 0 saturated carbocycles. The Morgan fingerprint density at radius 2 is 2.00 bits per heavy atom. The van der Waals surface area contributed by atoms with Crippen molar-refractivity contribution in [2.24, 2.45) is 5.73 Å². The third-order valence-electron chi connectivity index (χ3n) is 3.08. The molecule has 1 aliphatic heterocycles. The highest BCUT2D eigenvalue weighted by molar-refractivity contribution is 5.55. The fourth-order valence-corrected chi connectivity index (χ4v) is 2.21. The Hall–Kier alpha value is -1.82. The van der Waals surface area contributed by atoms with Crippen LogP contribution in [0, 0.1) is 10.1 Å². The second kappa shape index (κ2) is 5.88. The summed E-state index contributed by atoms with van der Waals surface area (Å²) in [5.74, 6) is 1.00. The van der Waals surface area contributed by atoms with Gasteiger partial charge in [-0.3, -0.25) is 10.1 Å². The predicted octanol–water partition coefficient (Wildman–Crippen LogP) is 2.04. The molecule has 2 N–H and O–H groups in total. The maximum absolute atomic E-state index is 11.1. The van der Waals surface area contributed by atoms with Crippen LogP contribution in [0.4, 0.5) is 5.69 Å². The van der Waals surface area contributed by atoms with Gasteiger partial charge in [-0.2, -0.15) is 0 Å². The fraction of sp³-hybridized carbons (Fsp3) is 0.538. The van der Waals surface area contributed by atoms with Crippen molar-refractivity contribution < 1.29 is 14.4 Å². The first kappa shape index (κ1) is 13.6. The van der Waals surface area contributed by atoms with Gasteiger partial charge in [0.2, 0.25) is 0 Å². The number of rotatable bonds is 5. The Kier molecular flexibility index (Phi) is 4.21. The Bertz CT molecular complexity index is 476. The molecule has 1 aromatic carbocycles. The molecule has 19 heavy (non-hydrogen) atoms. The number of nitrogens with zero attached hydrogens (tertiary/aromatic N) is 1. The van der Waals surface area contributed by atoms with Crippen LogP contribution in [0.15, 0.2) is 12.1 Å². The number of hydrogen-bond donors (Lipinski definition) is 1. The van der Waals surface area contributed by atoms with Crippen molar-refractivity contribution in [3.05, 3.63) is 27.8 Å². The van der Waals surface area contributed by atoms with Crippen molar-refractivity contribution in [2.45, 2.75) is 32.2 Å². The highest BCUT2D eigenvalue weighted by Gasteiger charge is 2.23. The van der Waals surface area contributed by atoms with Crippen LogP contribution in [0.25, 0.3) is 0 Å². The van der Waals surface area contributed by atoms with Crippen LogP contribution in [0.2, 0.25) is 0 Å². The molecule has 6 heteroatoms. The number of nitro groups is 1. The maximum Gasteiger partial charge on any atom is 0.276 e. The quantitative estimate of drug-likeness (QED) is 0.650. The molecule has 0 bridgehead atoms. The second-order valence-corrected chi connectivity index (χ2v) is 4.63. The van der Waals surface area contributed by atoms with Crippen LogP contribution in [0.3, 0.4) is 0 Å². The number of nitrogens with two attached hydrogens (primary N) is 1. The predicted molar refractivity (Wildman–Crippen MR) is 70.7 cm³/mol. The van der Waals surface area contributed by atoms with Crippen LogP contribution in [0.1, 0.15) is 25.3 Å². The number of nitro benzene ring substituents is 1. The zero-order valence-corrected chi connectivity index (χ0v) is 10.9. The molecule has 0 radical (unpaired) electrons. The lowest BCUT2D eigenvalue weighted by atomic mass is 10.0. The Morgan fingerprint density at radius 3 is 2.58 bits per heavy atom. The van der Waals surface area contributed by atoms with Crippen LogP contribution in [-0.4, -0.2) is 24.2 Å². The van der Waals surface area contributed by atoms with E-state index in [4.69, 9.17) is 15.2 Å². The summed E-state index contributed by atoms with van der Waals surface area (Å²) < 4.78 is 10.8. The zero-order valence-electron chi connectivity index (χ0n) is 10.9. The molecular formula is C13H18N2O4. The molecular weight excluding hydrogens is 248 g/mol. The minimum Gasteiger partial charge on any atom is -0.486 e. The highest BCUT2D eigenvalue weighted by atomic mass is 16.6. The van der Waals surface area contributed by atoms with E-state index >= 15 is 0 Å². The van der Waals surface area contributed by atoms with Gasteiger partial charge in [-0.15, -0.1) is 0 Å². The molecule has 1 atom stereocenters. The van der Waals surface area contributed by atoms with Crippen molar-refractivity contribution in [3.63, 3.8) is 0 Å². The lowest BCUT2D eigenvalue weighted by Crippen LogP contribution is -2.23. The molecule has 1 aliphatic rings. The number of hydrogen-bond acceptors (Lipinski definition) is 5. The van der Waals surface area contributed by atoms with E-state index < -0.39 is 4.92 Å². The minimum atomic E-state index is -0.397. The van der Waals surface area contributed by atoms with Gasteiger partial charge in [-0.25, -0.2) is 0 Å². The smallest absolute Gasteiger partial charge is 0.276 e. The van der Waals surface area contributed by atoms with Gasteiger partial charge >= 0.3 is 0 Å². The van der Waals surface area contributed by atoms with E-state index in [1.54, 1.807) is 6.07 Å². The molecule has 0 saturated heterocycles. The molecule has 6 nitrogen and oxygen atoms in total. The first-order valence-corrected chi connectivity index (χ1v) is 6.44. The standard InChI is InChI=1S/C13H18N2O4/c1-2-3-10(14)6-9-7-12-13(19-5-4-18-12)8-11(9)15(16)17/h7-8,10H,2-6,14H2,1H3. The summed E-state index contributed by atoms with van der Waals surface area (Å²) in [5, 5.41) is 11.1. The van der Waals surface area contributed by atoms with Crippen LogP contribution >= 0.6 is 0 Å². The van der Waals surface area contributed by atoms with Gasteiger partial charge in [-0.05, 0) is 18.9 Å². The van der Waals surface area contributed by atoms with Gasteiger partial charge in [0.05, 0.1) is 11.0 Å². The van der Waals surface area contributed by atoms with Crippen molar-refractivity contribution >= 4 is 5.69 Å². The molecule has 0 spiro atoms. The largest absolute Gasteiger partial charge is 0.486 e. The average Bonchev–Trinajstić information content (AvgIpc) is 2.38. The number of ether oxygens (including phenoxy) is 2. The third kappa shape index (κ3) is 3.14. The van der Waals surface area contributed by atoms with E-state index in [2.05, 4.69) is 0 Å². The maximum atomic E-state index is 11.1. The molecule has 2 rings (SSSR count). The van der Waals surface area contributed by atoms with Gasteiger partial charge in [0.25, 0.3) is 5.69 Å². The second-order valence-electron chi connectivity index (χ2n) is 4.63. The average molecular weight is 266 g/mol. The SMILES string of the molecule is CCCC(N)Cc1cc2c(cc1[N+](=O)[O-])OCCO2. The monoisotopic (exact) mass is 266 g/mol. The van der Waals surface area contributed by atoms with Gasteiger partial charge in [0.1, 0.15) is 13.2 Å². The van der Waals surface area contributed by atoms with Crippen molar-refractivity contribution in [2.75, 3.05) is 13.2 Å². The molecule has 0 aromatic heterocycles. The normalized spacial score (nSPS) is 15.1. The molecule has 0 aliphatic carbocycles. The topological polar surface area (TPSA) is 87.6 Å². The van der Waals surface area contributed by atoms with E-state index in [1.165, 1.54) is 6.07 Å². The van der Waals surface area contributed by atoms with Crippen LogP contribution in [-0.2, 0) is 6.42 Å². The lowest BCUT2D eigenvalue weighted by Gasteiger charge is -2.19. The van der Waals surface area contributed by atoms with E-state index in [0.717, 1.165) is 12.8 Å². The summed E-state index contributed by atoms with van der Waals surface area (Å²) >= 11 is 0. The van der Waals surface area contributed by atoms with Crippen LogP contribution in [0.5, 0.6) is 11.5 Å². The van der Waals surface area contributed by atoms with E-state index in [0.29, 0.717) is 36.7 Å². The Morgan fingerprint density at radius 1 is 1.37 bits per heavy atom. The lowest BCUT2D eigenvalue weighted by molar-refractivity contribution is -0.385. The Balaban J connectivity index is 2.31. The van der Waals surface area contributed by atoms with Crippen molar-refractivity contribution in [1.82, 2.24) is 0 Å². The van der Waals surface area contributed by atoms with Gasteiger partial charge < -0.3 is 15.2 Å². The number of benzene rings is 1. The molecule has 1 unspecified atom stereocenters. The van der Waals surface area contributed by atoms with Gasteiger partial charge in [0.15, 0.2) is 11.5 Å². The zero-order chi connectivity index (χ0) is 13.8. The first-order valence-electron chi connectivity index (χ1n) is 6.44. The molecule has 1 heterocycles. The van der Waals surface area contributed by atoms with E-state index in [1.807, 2.05) is 6.92 Å². The summed E-state index contributed by atoms with van der Waals surface area (Å²) in [6.45, 7) is 2.92. The fourth-order valence-electron chi connectivity index (χ4n) is 2.21. The van der Waals surface area contributed by atoms with Crippen molar-refractivity contribution in [1.29, 1.82) is 0 Å². The molecule has 0 amide bonds. The van der Waals surface area contributed by atoms with Gasteiger partial charge in [-0.1, -0.05) is 13.3 Å². The summed E-state index contributed by atoms with van der Waals surface area (Å²) in [6.07, 6.45) is 2.27. The molecule has 0 fully saturated rings. The van der Waals surface area contributed by atoms with E-state index in [-0.39, 0.29) is 11.7 Å².